The molecule has 3 aromatic rings. The molecular weight excluding hydrogens is 720 g/mol. The summed E-state index contributed by atoms with van der Waals surface area (Å²) in [5.41, 5.74) is 4.57. The third kappa shape index (κ3) is 6.73. The molecule has 9 rings (SSSR count). The molecule has 6 aliphatic rings. The summed E-state index contributed by atoms with van der Waals surface area (Å²) >= 11 is 0. The quantitative estimate of drug-likeness (QED) is 0.162. The third-order valence-electron chi connectivity index (χ3n) is 12.3. The molecule has 17 nitrogen and oxygen atoms in total. The number of hydrogen-bond donors (Lipinski definition) is 4. The van der Waals surface area contributed by atoms with E-state index in [0.29, 0.717) is 87.3 Å². The van der Waals surface area contributed by atoms with Gasteiger partial charge in [-0.05, 0) is 61.1 Å². The highest BCUT2D eigenvalue weighted by Gasteiger charge is 2.41. The van der Waals surface area contributed by atoms with Gasteiger partial charge in [0.25, 0.3) is 5.91 Å². The first-order valence-electron chi connectivity index (χ1n) is 19.5. The van der Waals surface area contributed by atoms with Gasteiger partial charge in [0.1, 0.15) is 11.8 Å². The van der Waals surface area contributed by atoms with Crippen molar-refractivity contribution in [2.45, 2.75) is 50.5 Å². The van der Waals surface area contributed by atoms with Crippen LogP contribution in [0.15, 0.2) is 48.5 Å². The Balaban J connectivity index is 0.766. The number of piperazine rings is 2. The van der Waals surface area contributed by atoms with Gasteiger partial charge in [0.05, 0.1) is 17.4 Å². The summed E-state index contributed by atoms with van der Waals surface area (Å²) in [7, 11) is 0. The molecule has 0 radical (unpaired) electrons. The molecule has 3 atom stereocenters. The lowest BCUT2D eigenvalue weighted by atomic mass is 9.95. The van der Waals surface area contributed by atoms with Crippen LogP contribution < -0.4 is 20.4 Å². The summed E-state index contributed by atoms with van der Waals surface area (Å²) in [5.74, 6) is 0.370. The van der Waals surface area contributed by atoms with Crippen LogP contribution in [0.2, 0.25) is 0 Å². The lowest BCUT2D eigenvalue weighted by Crippen LogP contribution is -2.64. The van der Waals surface area contributed by atoms with Crippen molar-refractivity contribution >= 4 is 40.9 Å². The minimum atomic E-state index is -0.778. The number of carbonyl (C=O) groups is 4. The molecule has 2 unspecified atom stereocenters. The van der Waals surface area contributed by atoms with Crippen molar-refractivity contribution in [1.29, 1.82) is 0 Å². The van der Waals surface area contributed by atoms with Gasteiger partial charge in [0.15, 0.2) is 12.0 Å². The number of nitrogens with one attached hydrogen (secondary N) is 2. The van der Waals surface area contributed by atoms with Crippen LogP contribution in [-0.4, -0.2) is 148 Å². The lowest BCUT2D eigenvalue weighted by Gasteiger charge is -2.48. The van der Waals surface area contributed by atoms with Gasteiger partial charge in [-0.25, -0.2) is 14.9 Å². The maximum absolute atomic E-state index is 13.9. The van der Waals surface area contributed by atoms with E-state index < -0.39 is 18.2 Å². The number of carbonyl (C=O) groups excluding carboxylic acids is 4. The highest BCUT2D eigenvalue weighted by atomic mass is 17.1. The van der Waals surface area contributed by atoms with Gasteiger partial charge in [0.2, 0.25) is 11.8 Å². The number of amides is 5. The number of rotatable bonds is 6. The van der Waals surface area contributed by atoms with E-state index in [1.165, 1.54) is 0 Å². The highest BCUT2D eigenvalue weighted by Crippen LogP contribution is 2.37. The fourth-order valence-corrected chi connectivity index (χ4v) is 9.22. The number of imide groups is 1. The maximum Gasteiger partial charge on any atom is 0.322 e. The average molecular weight is 767 g/mol. The summed E-state index contributed by atoms with van der Waals surface area (Å²) < 4.78 is 0. The number of para-hydroxylation sites is 1. The second-order valence-electron chi connectivity index (χ2n) is 15.6. The molecular formula is C39H46N10O7. The van der Waals surface area contributed by atoms with Crippen LogP contribution in [-0.2, 0) is 21.0 Å². The van der Waals surface area contributed by atoms with Gasteiger partial charge in [0, 0.05) is 95.2 Å². The van der Waals surface area contributed by atoms with Crippen LogP contribution in [0.1, 0.15) is 41.6 Å². The summed E-state index contributed by atoms with van der Waals surface area (Å²) in [6.45, 7) is 6.57. The summed E-state index contributed by atoms with van der Waals surface area (Å²) in [6.07, 6.45) is 1.71. The maximum atomic E-state index is 13.9. The molecule has 4 N–H and O–H groups in total. The Bertz CT molecular complexity index is 2040. The molecule has 17 heteroatoms. The molecule has 1 aromatic heterocycles. The zero-order valence-electron chi connectivity index (χ0n) is 31.0. The highest BCUT2D eigenvalue weighted by molar-refractivity contribution is 6.05. The second kappa shape index (κ2) is 14.9. The molecule has 7 heterocycles. The number of aromatic nitrogens is 2. The fourth-order valence-electron chi connectivity index (χ4n) is 9.22. The van der Waals surface area contributed by atoms with E-state index in [1.54, 1.807) is 21.9 Å². The fraction of sp³-hybridized carbons (Fsp3) is 0.487. The van der Waals surface area contributed by atoms with Crippen LogP contribution in [0.4, 0.5) is 22.0 Å². The Kier molecular flexibility index (Phi) is 9.59. The van der Waals surface area contributed by atoms with Gasteiger partial charge < -0.3 is 30.0 Å². The van der Waals surface area contributed by atoms with E-state index in [9.17, 15) is 29.5 Å². The number of urea groups is 1. The minimum absolute atomic E-state index is 0.00657. The Labute approximate surface area is 323 Å². The molecule has 4 saturated heterocycles. The van der Waals surface area contributed by atoms with Crippen molar-refractivity contribution in [2.75, 3.05) is 80.6 Å². The third-order valence-corrected chi connectivity index (χ3v) is 12.3. The molecule has 0 saturated carbocycles. The summed E-state index contributed by atoms with van der Waals surface area (Å²) in [6, 6.07) is 14.2. The molecule has 4 fully saturated rings. The first-order valence-corrected chi connectivity index (χ1v) is 19.5. The summed E-state index contributed by atoms with van der Waals surface area (Å²) in [5, 5.41) is 34.8. The smallest absolute Gasteiger partial charge is 0.322 e. The van der Waals surface area contributed by atoms with Gasteiger partial charge in [-0.15, -0.1) is 10.2 Å². The second-order valence-corrected chi connectivity index (χ2v) is 15.6. The Morgan fingerprint density at radius 1 is 0.893 bits per heavy atom. The van der Waals surface area contributed by atoms with Crippen LogP contribution in [0.25, 0.3) is 11.3 Å². The van der Waals surface area contributed by atoms with Crippen molar-refractivity contribution in [3.8, 4) is 17.0 Å². The zero-order chi connectivity index (χ0) is 38.5. The van der Waals surface area contributed by atoms with Crippen molar-refractivity contribution < 1.29 is 34.4 Å². The van der Waals surface area contributed by atoms with Crippen molar-refractivity contribution in [2.24, 2.45) is 5.92 Å². The topological polar surface area (TPSA) is 187 Å². The van der Waals surface area contributed by atoms with Crippen LogP contribution in [0.5, 0.6) is 5.75 Å². The average Bonchev–Trinajstić information content (AvgIpc) is 3.55. The molecule has 6 aliphatic heterocycles. The van der Waals surface area contributed by atoms with Crippen molar-refractivity contribution in [3.63, 3.8) is 0 Å². The molecule has 0 bridgehead atoms. The predicted octanol–water partition coefficient (Wildman–Crippen LogP) is 2.00. The zero-order valence-corrected chi connectivity index (χ0v) is 31.0. The van der Waals surface area contributed by atoms with E-state index in [2.05, 4.69) is 35.5 Å². The number of anilines is 3. The molecule has 5 amide bonds. The Hall–Kier alpha value is -5.52. The number of fused-ring (bicyclic) bond motifs is 4. The van der Waals surface area contributed by atoms with Gasteiger partial charge in [-0.1, -0.05) is 18.2 Å². The number of benzene rings is 2. The Morgan fingerprint density at radius 3 is 2.54 bits per heavy atom. The molecule has 0 spiro atoms. The minimum Gasteiger partial charge on any atom is -0.507 e. The molecule has 56 heavy (non-hydrogen) atoms. The van der Waals surface area contributed by atoms with Gasteiger partial charge in [-0.3, -0.25) is 29.5 Å². The van der Waals surface area contributed by atoms with Crippen LogP contribution in [0, 0.1) is 5.92 Å². The van der Waals surface area contributed by atoms with E-state index in [1.807, 2.05) is 41.3 Å². The number of aromatic hydroxyl groups is 1. The van der Waals surface area contributed by atoms with E-state index in [0.717, 1.165) is 49.4 Å². The number of nitrogens with zero attached hydrogens (tertiary/aromatic N) is 8. The van der Waals surface area contributed by atoms with E-state index in [4.69, 9.17) is 4.89 Å². The number of phenolic OH excluding ortho intramolecular Hbond substituents is 1. The Morgan fingerprint density at radius 2 is 1.73 bits per heavy atom. The van der Waals surface area contributed by atoms with Crippen molar-refractivity contribution in [3.05, 3.63) is 59.7 Å². The first-order chi connectivity index (χ1) is 27.2. The van der Waals surface area contributed by atoms with Gasteiger partial charge >= 0.3 is 6.03 Å². The summed E-state index contributed by atoms with van der Waals surface area (Å²) in [4.78, 5) is 68.1. The van der Waals surface area contributed by atoms with E-state index >= 15 is 0 Å². The monoisotopic (exact) mass is 766 g/mol. The largest absolute Gasteiger partial charge is 0.507 e. The molecule has 2 aromatic carbocycles. The standard InChI is InChI=1S/C39H46N10O7/c50-33-4-2-1-3-28(33)30-18-32-36(43-42-30)40-19-27-22-46(14-16-47(27)32)39(54)48-15-13-44(23-35(48)56-55)20-24-9-11-45(12-10-24)26-6-5-25-21-49(38(53)29(25)17-26)31-7-8-34(51)41-37(31)52/h1-6,17-18,24,27,31,35,50,55H,7-16,19-23H2,(H,40,43)(H,41,51,52)/t27-,31?,35?/m0/s1. The normalized spacial score (nSPS) is 24.4. The number of piperidine rings is 2. The first kappa shape index (κ1) is 36.1. The van der Waals surface area contributed by atoms with Crippen LogP contribution >= 0.6 is 0 Å². The molecule has 0 aliphatic carbocycles. The molecule has 294 valence electrons. The van der Waals surface area contributed by atoms with Gasteiger partial charge in [-0.2, -0.15) is 0 Å². The number of hydrogen-bond acceptors (Lipinski definition) is 13. The van der Waals surface area contributed by atoms with Crippen molar-refractivity contribution in [1.82, 2.24) is 35.1 Å². The SMILES string of the molecule is O=C1CCC(N2Cc3ccc(N4CCC(CN5CCN(C(=O)N6CCN7c8cc(-c9ccccc9O)nnc8NC[C@H]7C6)C(OO)C5)CC4)cc3C2=O)C(=O)N1. The predicted molar refractivity (Wildman–Crippen MR) is 204 cm³/mol. The number of phenols is 1. The lowest BCUT2D eigenvalue weighted by molar-refractivity contribution is -0.315. The van der Waals surface area contributed by atoms with E-state index in [-0.39, 0.29) is 36.1 Å². The van der Waals surface area contributed by atoms with Crippen LogP contribution in [0.3, 0.4) is 0 Å².